The molecule has 2 rings (SSSR count). The van der Waals surface area contributed by atoms with Gasteiger partial charge in [0, 0.05) is 10.9 Å². The van der Waals surface area contributed by atoms with Gasteiger partial charge < -0.3 is 5.32 Å². The predicted molar refractivity (Wildman–Crippen MR) is 74.6 cm³/mol. The minimum absolute atomic E-state index is 0.506. The fourth-order valence-corrected chi connectivity index (χ4v) is 3.08. The molecule has 1 saturated carbocycles. The fourth-order valence-electron chi connectivity index (χ4n) is 2.06. The third-order valence-electron chi connectivity index (χ3n) is 3.45. The number of thiazole rings is 1. The van der Waals surface area contributed by atoms with Gasteiger partial charge in [-0.2, -0.15) is 0 Å². The van der Waals surface area contributed by atoms with Crippen LogP contribution >= 0.6 is 11.3 Å². The highest BCUT2D eigenvalue weighted by Gasteiger charge is 2.26. The van der Waals surface area contributed by atoms with Gasteiger partial charge in [-0.15, -0.1) is 11.3 Å². The van der Waals surface area contributed by atoms with E-state index in [1.165, 1.54) is 54.1 Å². The van der Waals surface area contributed by atoms with Crippen LogP contribution in [0.2, 0.25) is 0 Å². The number of hydrogen-bond acceptors (Lipinski definition) is 3. The molecule has 2 nitrogen and oxygen atoms in total. The Bertz CT molecular complexity index is 336. The van der Waals surface area contributed by atoms with Crippen LogP contribution in [-0.2, 0) is 0 Å². The molecule has 3 heteroatoms. The first kappa shape index (κ1) is 13.0. The van der Waals surface area contributed by atoms with Gasteiger partial charge in [0.1, 0.15) is 5.01 Å². The van der Waals surface area contributed by atoms with Gasteiger partial charge in [0.15, 0.2) is 0 Å². The topological polar surface area (TPSA) is 24.9 Å². The Morgan fingerprint density at radius 3 is 2.65 bits per heavy atom. The minimum atomic E-state index is 0.506. The van der Waals surface area contributed by atoms with E-state index < -0.39 is 0 Å². The Labute approximate surface area is 109 Å². The molecule has 0 aromatic carbocycles. The molecule has 0 radical (unpaired) electrons. The fraction of sp³-hybridized carbons (Fsp3) is 0.786. The van der Waals surface area contributed by atoms with Crippen molar-refractivity contribution in [3.63, 3.8) is 0 Å². The first-order valence-electron chi connectivity index (χ1n) is 6.90. The van der Waals surface area contributed by atoms with E-state index in [9.17, 15) is 0 Å². The zero-order valence-corrected chi connectivity index (χ0v) is 12.1. The summed E-state index contributed by atoms with van der Waals surface area (Å²) in [6, 6.07) is 1.28. The molecule has 1 aliphatic carbocycles. The highest BCUT2D eigenvalue weighted by atomic mass is 32.1. The van der Waals surface area contributed by atoms with Crippen LogP contribution in [0.1, 0.15) is 67.1 Å². The molecule has 0 bridgehead atoms. The summed E-state index contributed by atoms with van der Waals surface area (Å²) in [4.78, 5) is 6.10. The van der Waals surface area contributed by atoms with E-state index in [4.69, 9.17) is 4.98 Å². The van der Waals surface area contributed by atoms with Gasteiger partial charge in [0.2, 0.25) is 0 Å². The summed E-state index contributed by atoms with van der Waals surface area (Å²) in [6.07, 6.45) is 7.91. The number of aryl methyl sites for hydroxylation is 2. The smallest absolute Gasteiger partial charge is 0.110 e. The van der Waals surface area contributed by atoms with Crippen LogP contribution in [0.25, 0.3) is 0 Å². The highest BCUT2D eigenvalue weighted by Crippen LogP contribution is 2.30. The molecule has 0 aliphatic heterocycles. The van der Waals surface area contributed by atoms with E-state index in [1.54, 1.807) is 0 Å². The Hall–Kier alpha value is -0.410. The molecule has 96 valence electrons. The molecule has 0 saturated heterocycles. The normalized spacial score (nSPS) is 17.4. The van der Waals surface area contributed by atoms with E-state index in [0.29, 0.717) is 6.04 Å². The Kier molecular flexibility index (Phi) is 4.57. The maximum absolute atomic E-state index is 4.73. The molecular weight excluding hydrogens is 228 g/mol. The quantitative estimate of drug-likeness (QED) is 0.738. The van der Waals surface area contributed by atoms with Crippen LogP contribution in [0.5, 0.6) is 0 Å². The lowest BCUT2D eigenvalue weighted by atomic mass is 10.1. The van der Waals surface area contributed by atoms with Crippen LogP contribution in [0.3, 0.4) is 0 Å². The molecule has 1 aliphatic rings. The van der Waals surface area contributed by atoms with Gasteiger partial charge in [-0.25, -0.2) is 4.98 Å². The van der Waals surface area contributed by atoms with Crippen molar-refractivity contribution in [1.29, 1.82) is 0 Å². The van der Waals surface area contributed by atoms with Crippen LogP contribution in [0.4, 0.5) is 0 Å². The molecule has 1 atom stereocenters. The maximum atomic E-state index is 4.73. The Morgan fingerprint density at radius 2 is 2.12 bits per heavy atom. The monoisotopic (exact) mass is 252 g/mol. The number of nitrogens with zero attached hydrogens (tertiary/aromatic N) is 1. The number of aromatic nitrogens is 1. The van der Waals surface area contributed by atoms with Gasteiger partial charge in [0.05, 0.1) is 11.7 Å². The van der Waals surface area contributed by atoms with Crippen LogP contribution < -0.4 is 5.32 Å². The van der Waals surface area contributed by atoms with Crippen molar-refractivity contribution in [3.05, 3.63) is 15.6 Å². The Balaban J connectivity index is 1.97. The third kappa shape index (κ3) is 3.78. The van der Waals surface area contributed by atoms with Crippen LogP contribution in [0, 0.1) is 13.8 Å². The molecule has 1 heterocycles. The van der Waals surface area contributed by atoms with Crippen LogP contribution in [-0.4, -0.2) is 11.0 Å². The van der Waals surface area contributed by atoms with Crippen molar-refractivity contribution in [2.24, 2.45) is 0 Å². The van der Waals surface area contributed by atoms with E-state index in [-0.39, 0.29) is 0 Å². The summed E-state index contributed by atoms with van der Waals surface area (Å²) in [6.45, 7) is 6.56. The van der Waals surface area contributed by atoms with Crippen molar-refractivity contribution >= 4 is 11.3 Å². The Morgan fingerprint density at radius 1 is 1.35 bits per heavy atom. The predicted octanol–water partition coefficient (Wildman–Crippen LogP) is 4.13. The average molecular weight is 252 g/mol. The van der Waals surface area contributed by atoms with Gasteiger partial charge >= 0.3 is 0 Å². The lowest BCUT2D eigenvalue weighted by molar-refractivity contribution is 0.469. The molecule has 0 spiro atoms. The zero-order valence-electron chi connectivity index (χ0n) is 11.3. The molecule has 17 heavy (non-hydrogen) atoms. The number of rotatable bonds is 7. The second-order valence-electron chi connectivity index (χ2n) is 5.18. The summed E-state index contributed by atoms with van der Waals surface area (Å²) in [5, 5.41) is 5.06. The molecular formula is C14H24N2S. The summed E-state index contributed by atoms with van der Waals surface area (Å²) in [7, 11) is 0. The molecule has 1 fully saturated rings. The largest absolute Gasteiger partial charge is 0.305 e. The molecule has 1 aromatic rings. The van der Waals surface area contributed by atoms with Crippen molar-refractivity contribution in [3.8, 4) is 0 Å². The lowest BCUT2D eigenvalue weighted by Crippen LogP contribution is -2.23. The van der Waals surface area contributed by atoms with Crippen LogP contribution in [0.15, 0.2) is 0 Å². The van der Waals surface area contributed by atoms with Crippen molar-refractivity contribution < 1.29 is 0 Å². The van der Waals surface area contributed by atoms with E-state index in [1.807, 2.05) is 11.3 Å². The minimum Gasteiger partial charge on any atom is -0.305 e. The zero-order chi connectivity index (χ0) is 12.3. The summed E-state index contributed by atoms with van der Waals surface area (Å²) in [5.41, 5.74) is 1.21. The first-order chi connectivity index (χ1) is 8.20. The number of hydrogen-bond donors (Lipinski definition) is 1. The van der Waals surface area contributed by atoms with Crippen molar-refractivity contribution in [2.75, 3.05) is 0 Å². The standard InChI is InChI=1S/C14H24N2S/c1-4-5-6-7-13(16-12-8-9-12)14-15-10(2)11(3)17-14/h12-13,16H,4-9H2,1-3H3. The van der Waals surface area contributed by atoms with E-state index in [0.717, 1.165) is 6.04 Å². The van der Waals surface area contributed by atoms with Gasteiger partial charge in [-0.3, -0.25) is 0 Å². The summed E-state index contributed by atoms with van der Waals surface area (Å²) >= 11 is 1.88. The lowest BCUT2D eigenvalue weighted by Gasteiger charge is -2.15. The third-order valence-corrected chi connectivity index (χ3v) is 4.64. The maximum Gasteiger partial charge on any atom is 0.110 e. The molecule has 1 N–H and O–H groups in total. The summed E-state index contributed by atoms with van der Waals surface area (Å²) < 4.78 is 0. The molecule has 1 unspecified atom stereocenters. The van der Waals surface area contributed by atoms with Crippen molar-refractivity contribution in [1.82, 2.24) is 10.3 Å². The highest BCUT2D eigenvalue weighted by molar-refractivity contribution is 7.11. The number of nitrogens with one attached hydrogen (secondary N) is 1. The molecule has 0 amide bonds. The van der Waals surface area contributed by atoms with Gasteiger partial charge in [-0.05, 0) is 33.1 Å². The number of unbranched alkanes of at least 4 members (excludes halogenated alkanes) is 2. The van der Waals surface area contributed by atoms with E-state index in [2.05, 4.69) is 26.1 Å². The average Bonchev–Trinajstić information content (AvgIpc) is 3.05. The van der Waals surface area contributed by atoms with E-state index >= 15 is 0 Å². The second-order valence-corrected chi connectivity index (χ2v) is 6.42. The molecule has 1 aromatic heterocycles. The van der Waals surface area contributed by atoms with Crippen molar-refractivity contribution in [2.45, 2.75) is 71.4 Å². The van der Waals surface area contributed by atoms with Gasteiger partial charge in [0.25, 0.3) is 0 Å². The second kappa shape index (κ2) is 5.96. The first-order valence-corrected chi connectivity index (χ1v) is 7.72. The SMILES string of the molecule is CCCCCC(NC1CC1)c1nc(C)c(C)s1. The summed E-state index contributed by atoms with van der Waals surface area (Å²) in [5.74, 6) is 0. The van der Waals surface area contributed by atoms with Gasteiger partial charge in [-0.1, -0.05) is 26.2 Å².